The molecule has 64 valence electrons. The van der Waals surface area contributed by atoms with Crippen LogP contribution in [-0.2, 0) is 0 Å². The van der Waals surface area contributed by atoms with Gasteiger partial charge in [-0.2, -0.15) is 5.10 Å². The lowest BCUT2D eigenvalue weighted by Crippen LogP contribution is -2.07. The molecule has 0 atom stereocenters. The largest absolute Gasteiger partial charge is 0.310 e. The van der Waals surface area contributed by atoms with E-state index < -0.39 is 0 Å². The Hall–Kier alpha value is -0.790. The molecule has 0 rings (SSSR count). The van der Waals surface area contributed by atoms with E-state index >= 15 is 0 Å². The first kappa shape index (κ1) is 10.2. The van der Waals surface area contributed by atoms with E-state index in [2.05, 4.69) is 31.0 Å². The van der Waals surface area contributed by atoms with E-state index in [0.29, 0.717) is 0 Å². The Kier molecular flexibility index (Phi) is 6.79. The Morgan fingerprint density at radius 1 is 1.55 bits per heavy atom. The topological polar surface area (TPSA) is 24.4 Å². The molecule has 0 aromatic carbocycles. The van der Waals surface area contributed by atoms with Crippen LogP contribution in [0.15, 0.2) is 17.8 Å². The number of nitrogens with one attached hydrogen (secondary N) is 1. The van der Waals surface area contributed by atoms with Crippen LogP contribution in [0.3, 0.4) is 0 Å². The molecule has 0 aliphatic rings. The lowest BCUT2D eigenvalue weighted by Gasteiger charge is -2.02. The number of nitrogens with zero attached hydrogens (tertiary/aromatic N) is 1. The van der Waals surface area contributed by atoms with Crippen molar-refractivity contribution in [3.05, 3.63) is 12.7 Å². The summed E-state index contributed by atoms with van der Waals surface area (Å²) in [6.45, 7) is 8.94. The Bertz CT molecular complexity index is 117. The summed E-state index contributed by atoms with van der Waals surface area (Å²) in [5.74, 6) is 0.792. The zero-order valence-electron chi connectivity index (χ0n) is 7.51. The summed E-state index contributed by atoms with van der Waals surface area (Å²) in [5.41, 5.74) is 2.94. The van der Waals surface area contributed by atoms with E-state index in [4.69, 9.17) is 0 Å². The van der Waals surface area contributed by atoms with Gasteiger partial charge in [-0.25, -0.2) is 0 Å². The van der Waals surface area contributed by atoms with Crippen molar-refractivity contribution in [2.45, 2.75) is 26.7 Å². The van der Waals surface area contributed by atoms with Crippen molar-refractivity contribution in [1.29, 1.82) is 0 Å². The molecule has 0 aromatic rings. The fraction of sp³-hybridized carbons (Fsp3) is 0.667. The van der Waals surface area contributed by atoms with Gasteiger partial charge >= 0.3 is 0 Å². The van der Waals surface area contributed by atoms with Crippen molar-refractivity contribution < 1.29 is 0 Å². The van der Waals surface area contributed by atoms with Gasteiger partial charge in [0.2, 0.25) is 0 Å². The highest BCUT2D eigenvalue weighted by molar-refractivity contribution is 5.69. The molecule has 0 spiro atoms. The van der Waals surface area contributed by atoms with Crippen molar-refractivity contribution in [3.63, 3.8) is 0 Å². The summed E-state index contributed by atoms with van der Waals surface area (Å²) < 4.78 is 0. The normalized spacial score (nSPS) is 10.8. The smallest absolute Gasteiger partial charge is 0.0462 e. The van der Waals surface area contributed by atoms with Gasteiger partial charge in [-0.05, 0) is 24.8 Å². The summed E-state index contributed by atoms with van der Waals surface area (Å²) in [6.07, 6.45) is 5.77. The van der Waals surface area contributed by atoms with Crippen LogP contribution in [0.5, 0.6) is 0 Å². The second-order valence-corrected chi connectivity index (χ2v) is 2.96. The zero-order valence-corrected chi connectivity index (χ0v) is 7.51. The third kappa shape index (κ3) is 9.21. The molecule has 0 heterocycles. The van der Waals surface area contributed by atoms with Crippen LogP contribution >= 0.6 is 0 Å². The summed E-state index contributed by atoms with van der Waals surface area (Å²) in [5, 5.41) is 3.89. The van der Waals surface area contributed by atoms with Gasteiger partial charge in [-0.1, -0.05) is 20.4 Å². The van der Waals surface area contributed by atoms with Crippen LogP contribution in [0.4, 0.5) is 0 Å². The molecule has 0 amide bonds. The Balaban J connectivity index is 3.02. The van der Waals surface area contributed by atoms with Gasteiger partial charge in [0.25, 0.3) is 0 Å². The van der Waals surface area contributed by atoms with Crippen molar-refractivity contribution in [3.8, 4) is 0 Å². The second-order valence-electron chi connectivity index (χ2n) is 2.96. The molecule has 0 radical (unpaired) electrons. The van der Waals surface area contributed by atoms with Gasteiger partial charge in [0.05, 0.1) is 0 Å². The second kappa shape index (κ2) is 7.32. The van der Waals surface area contributed by atoms with Crippen LogP contribution in [0.1, 0.15) is 26.7 Å². The van der Waals surface area contributed by atoms with E-state index in [9.17, 15) is 0 Å². The van der Waals surface area contributed by atoms with Crippen LogP contribution in [0, 0.1) is 5.92 Å². The van der Waals surface area contributed by atoms with Gasteiger partial charge in [0.15, 0.2) is 0 Å². The number of rotatable bonds is 6. The molecule has 0 aromatic heterocycles. The van der Waals surface area contributed by atoms with E-state index in [-0.39, 0.29) is 0 Å². The minimum atomic E-state index is 0.792. The molecule has 0 aliphatic heterocycles. The molecule has 0 saturated carbocycles. The molecule has 0 fully saturated rings. The zero-order chi connectivity index (χ0) is 8.53. The summed E-state index contributed by atoms with van der Waals surface area (Å²) in [4.78, 5) is 0. The number of hydrogen-bond donors (Lipinski definition) is 1. The average molecular weight is 154 g/mol. The molecule has 2 heteroatoms. The maximum absolute atomic E-state index is 3.89. The third-order valence-electron chi connectivity index (χ3n) is 1.34. The molecule has 0 saturated heterocycles. The first-order valence-corrected chi connectivity index (χ1v) is 4.14. The number of hydrogen-bond acceptors (Lipinski definition) is 2. The van der Waals surface area contributed by atoms with Crippen LogP contribution in [0.25, 0.3) is 0 Å². The lowest BCUT2D eigenvalue weighted by molar-refractivity contribution is 0.535. The van der Waals surface area contributed by atoms with Gasteiger partial charge in [0.1, 0.15) is 0 Å². The van der Waals surface area contributed by atoms with Gasteiger partial charge in [-0.3, -0.25) is 0 Å². The fourth-order valence-electron chi connectivity index (χ4n) is 0.759. The number of allylic oxidation sites excluding steroid dienone is 1. The van der Waals surface area contributed by atoms with Gasteiger partial charge in [0, 0.05) is 12.8 Å². The Morgan fingerprint density at radius 3 is 2.82 bits per heavy atom. The molecule has 0 unspecified atom stereocenters. The van der Waals surface area contributed by atoms with Crippen LogP contribution in [0.2, 0.25) is 0 Å². The van der Waals surface area contributed by atoms with Crippen molar-refractivity contribution in [2.24, 2.45) is 11.0 Å². The monoisotopic (exact) mass is 154 g/mol. The van der Waals surface area contributed by atoms with Gasteiger partial charge in [-0.15, -0.1) is 0 Å². The highest BCUT2D eigenvalue weighted by Crippen LogP contribution is 2.01. The first-order valence-electron chi connectivity index (χ1n) is 4.14. The quantitative estimate of drug-likeness (QED) is 0.354. The fourth-order valence-corrected chi connectivity index (χ4v) is 0.759. The molecule has 11 heavy (non-hydrogen) atoms. The maximum Gasteiger partial charge on any atom is 0.0462 e. The molecular formula is C9H18N2. The lowest BCUT2D eigenvalue weighted by atomic mass is 10.1. The predicted molar refractivity (Wildman–Crippen MR) is 50.8 cm³/mol. The Labute approximate surface area is 69.4 Å². The van der Waals surface area contributed by atoms with Gasteiger partial charge < -0.3 is 5.43 Å². The predicted octanol–water partition coefficient (Wildman–Crippen LogP) is 2.18. The van der Waals surface area contributed by atoms with E-state index in [0.717, 1.165) is 12.5 Å². The van der Waals surface area contributed by atoms with Crippen LogP contribution in [-0.4, -0.2) is 12.8 Å². The van der Waals surface area contributed by atoms with E-state index in [1.165, 1.54) is 12.8 Å². The standard InChI is InChI=1S/C9H18N2/c1-4-7-10-11-8-5-6-9(2)3/h4,7,9,11H,1,5-6,8H2,2-3H3. The van der Waals surface area contributed by atoms with Crippen molar-refractivity contribution in [2.75, 3.05) is 6.54 Å². The SMILES string of the molecule is C=CC=NNCCCC(C)C. The molecule has 1 N–H and O–H groups in total. The minimum Gasteiger partial charge on any atom is -0.310 e. The van der Waals surface area contributed by atoms with Crippen molar-refractivity contribution >= 4 is 6.21 Å². The molecular weight excluding hydrogens is 136 g/mol. The average Bonchev–Trinajstić information content (AvgIpc) is 1.96. The summed E-state index contributed by atoms with van der Waals surface area (Å²) in [7, 11) is 0. The summed E-state index contributed by atoms with van der Waals surface area (Å²) >= 11 is 0. The minimum absolute atomic E-state index is 0.792. The molecule has 0 aliphatic carbocycles. The van der Waals surface area contributed by atoms with Crippen LogP contribution < -0.4 is 5.43 Å². The first-order chi connectivity index (χ1) is 5.27. The third-order valence-corrected chi connectivity index (χ3v) is 1.34. The molecule has 2 nitrogen and oxygen atoms in total. The maximum atomic E-state index is 3.89. The van der Waals surface area contributed by atoms with Crippen molar-refractivity contribution in [1.82, 2.24) is 5.43 Å². The highest BCUT2D eigenvalue weighted by Gasteiger charge is 1.91. The van der Waals surface area contributed by atoms with E-state index in [1.54, 1.807) is 12.3 Å². The van der Waals surface area contributed by atoms with E-state index in [1.807, 2.05) is 0 Å². The highest BCUT2D eigenvalue weighted by atomic mass is 15.3. The molecule has 0 bridgehead atoms. The summed E-state index contributed by atoms with van der Waals surface area (Å²) in [6, 6.07) is 0. The Morgan fingerprint density at radius 2 is 2.27 bits per heavy atom. The number of hydrazone groups is 1.